The lowest BCUT2D eigenvalue weighted by atomic mass is 10.1. The van der Waals surface area contributed by atoms with E-state index >= 15 is 0 Å². The molecule has 0 atom stereocenters. The van der Waals surface area contributed by atoms with Crippen molar-refractivity contribution >= 4 is 23.2 Å². The molecule has 0 amide bonds. The number of nitrogens with zero attached hydrogens (tertiary/aromatic N) is 2. The summed E-state index contributed by atoms with van der Waals surface area (Å²) in [4.78, 5) is 2.22. The fourth-order valence-corrected chi connectivity index (χ4v) is 2.38. The van der Waals surface area contributed by atoms with Crippen molar-refractivity contribution < 1.29 is 0 Å². The van der Waals surface area contributed by atoms with Gasteiger partial charge in [-0.05, 0) is 18.1 Å². The zero-order valence-electron chi connectivity index (χ0n) is 10.8. The van der Waals surface area contributed by atoms with E-state index in [2.05, 4.69) is 24.8 Å². The van der Waals surface area contributed by atoms with E-state index in [-0.39, 0.29) is 0 Å². The maximum absolute atomic E-state index is 8.70. The molecule has 4 heteroatoms. The first kappa shape index (κ1) is 15.3. The van der Waals surface area contributed by atoms with Crippen molar-refractivity contribution in [2.75, 3.05) is 13.1 Å². The van der Waals surface area contributed by atoms with Crippen LogP contribution in [0.25, 0.3) is 0 Å². The van der Waals surface area contributed by atoms with Gasteiger partial charge in [-0.25, -0.2) is 0 Å². The van der Waals surface area contributed by atoms with Crippen molar-refractivity contribution in [1.29, 1.82) is 5.26 Å². The van der Waals surface area contributed by atoms with Crippen LogP contribution in [0, 0.1) is 17.2 Å². The summed E-state index contributed by atoms with van der Waals surface area (Å²) < 4.78 is 0. The van der Waals surface area contributed by atoms with Crippen molar-refractivity contribution in [2.45, 2.75) is 26.8 Å². The minimum absolute atomic E-state index is 0.523. The maximum atomic E-state index is 8.70. The molecule has 0 aliphatic rings. The van der Waals surface area contributed by atoms with E-state index in [4.69, 9.17) is 28.5 Å². The van der Waals surface area contributed by atoms with Gasteiger partial charge in [0.05, 0.1) is 6.07 Å². The van der Waals surface area contributed by atoms with Crippen molar-refractivity contribution in [2.24, 2.45) is 5.92 Å². The molecule has 18 heavy (non-hydrogen) atoms. The molecule has 0 heterocycles. The highest BCUT2D eigenvalue weighted by molar-refractivity contribution is 6.35. The molecule has 2 nitrogen and oxygen atoms in total. The van der Waals surface area contributed by atoms with Gasteiger partial charge in [-0.2, -0.15) is 5.26 Å². The van der Waals surface area contributed by atoms with Crippen molar-refractivity contribution in [3.8, 4) is 6.07 Å². The van der Waals surface area contributed by atoms with Crippen LogP contribution in [0.2, 0.25) is 10.0 Å². The summed E-state index contributed by atoms with van der Waals surface area (Å²) in [6, 6.07) is 7.72. The highest BCUT2D eigenvalue weighted by Crippen LogP contribution is 2.26. The summed E-state index contributed by atoms with van der Waals surface area (Å²) in [5, 5.41) is 10.1. The van der Waals surface area contributed by atoms with Gasteiger partial charge in [0.1, 0.15) is 0 Å². The summed E-state index contributed by atoms with van der Waals surface area (Å²) in [5.74, 6) is 0.546. The number of halogens is 2. The fraction of sp³-hybridized carbons (Fsp3) is 0.500. The lowest BCUT2D eigenvalue weighted by Crippen LogP contribution is -2.28. The second-order valence-electron chi connectivity index (χ2n) is 4.74. The maximum Gasteiger partial charge on any atom is 0.0635 e. The van der Waals surface area contributed by atoms with E-state index in [0.717, 1.165) is 18.7 Å². The van der Waals surface area contributed by atoms with E-state index in [1.54, 1.807) is 0 Å². The third kappa shape index (κ3) is 4.86. The molecule has 0 aliphatic carbocycles. The van der Waals surface area contributed by atoms with E-state index in [0.29, 0.717) is 28.9 Å². The fourth-order valence-electron chi connectivity index (χ4n) is 1.87. The molecule has 0 radical (unpaired) electrons. The standard InChI is InChI=1S/C14H18Cl2N2/c1-11(2)9-18(8-4-7-17)10-12-13(15)5-3-6-14(12)16/h3,5-6,11H,4,8-10H2,1-2H3. The molecule has 1 aromatic rings. The smallest absolute Gasteiger partial charge is 0.0635 e. The summed E-state index contributed by atoms with van der Waals surface area (Å²) in [5.41, 5.74) is 0.944. The van der Waals surface area contributed by atoms with Gasteiger partial charge < -0.3 is 0 Å². The Labute approximate surface area is 119 Å². The molecule has 0 saturated carbocycles. The Hall–Kier alpha value is -0.750. The van der Waals surface area contributed by atoms with Gasteiger partial charge in [0, 0.05) is 41.7 Å². The van der Waals surface area contributed by atoms with Gasteiger partial charge in [0.2, 0.25) is 0 Å². The SMILES string of the molecule is CC(C)CN(CCC#N)Cc1c(Cl)cccc1Cl. The van der Waals surface area contributed by atoms with Gasteiger partial charge in [-0.3, -0.25) is 4.90 Å². The Kier molecular flexibility index (Phi) is 6.49. The van der Waals surface area contributed by atoms with E-state index in [1.165, 1.54) is 0 Å². The predicted octanol–water partition coefficient (Wildman–Crippen LogP) is 4.37. The first-order chi connectivity index (χ1) is 8.54. The van der Waals surface area contributed by atoms with Gasteiger partial charge in [0.25, 0.3) is 0 Å². The van der Waals surface area contributed by atoms with Gasteiger partial charge in [0.15, 0.2) is 0 Å². The van der Waals surface area contributed by atoms with E-state index < -0.39 is 0 Å². The first-order valence-electron chi connectivity index (χ1n) is 6.06. The van der Waals surface area contributed by atoms with E-state index in [9.17, 15) is 0 Å². The summed E-state index contributed by atoms with van der Waals surface area (Å²) in [6.07, 6.45) is 0.523. The molecule has 0 N–H and O–H groups in total. The molecule has 0 aromatic heterocycles. The van der Waals surface area contributed by atoms with Gasteiger partial charge >= 0.3 is 0 Å². The van der Waals surface area contributed by atoms with Gasteiger partial charge in [-0.1, -0.05) is 43.1 Å². The van der Waals surface area contributed by atoms with E-state index in [1.807, 2.05) is 18.2 Å². The van der Waals surface area contributed by atoms with Crippen LogP contribution in [0.1, 0.15) is 25.8 Å². The predicted molar refractivity (Wildman–Crippen MR) is 76.8 cm³/mol. The lowest BCUT2D eigenvalue weighted by molar-refractivity contribution is 0.241. The topological polar surface area (TPSA) is 27.0 Å². The van der Waals surface area contributed by atoms with Crippen LogP contribution < -0.4 is 0 Å². The Bertz CT molecular complexity index is 404. The number of hydrogen-bond acceptors (Lipinski definition) is 2. The zero-order chi connectivity index (χ0) is 13.5. The molecule has 1 aromatic carbocycles. The van der Waals surface area contributed by atoms with Crippen LogP contribution in [-0.2, 0) is 6.54 Å². The molecule has 0 unspecified atom stereocenters. The minimum Gasteiger partial charge on any atom is -0.298 e. The van der Waals surface area contributed by atoms with Crippen LogP contribution in [-0.4, -0.2) is 18.0 Å². The van der Waals surface area contributed by atoms with Crippen LogP contribution in [0.15, 0.2) is 18.2 Å². The Morgan fingerprint density at radius 2 is 1.89 bits per heavy atom. The second kappa shape index (κ2) is 7.63. The molecule has 1 rings (SSSR count). The quantitative estimate of drug-likeness (QED) is 0.776. The number of rotatable bonds is 6. The zero-order valence-corrected chi connectivity index (χ0v) is 12.3. The number of nitriles is 1. The van der Waals surface area contributed by atoms with Crippen LogP contribution in [0.5, 0.6) is 0 Å². The first-order valence-corrected chi connectivity index (χ1v) is 6.82. The average Bonchev–Trinajstić information content (AvgIpc) is 2.30. The van der Waals surface area contributed by atoms with Gasteiger partial charge in [-0.15, -0.1) is 0 Å². The molecule has 0 fully saturated rings. The summed E-state index contributed by atoms with van der Waals surface area (Å²) >= 11 is 12.3. The summed E-state index contributed by atoms with van der Waals surface area (Å²) in [6.45, 7) is 6.69. The highest BCUT2D eigenvalue weighted by atomic mass is 35.5. The minimum atomic E-state index is 0.523. The Balaban J connectivity index is 2.78. The van der Waals surface area contributed by atoms with Crippen LogP contribution in [0.4, 0.5) is 0 Å². The second-order valence-corrected chi connectivity index (χ2v) is 5.55. The highest BCUT2D eigenvalue weighted by Gasteiger charge is 2.12. The normalized spacial score (nSPS) is 10.9. The van der Waals surface area contributed by atoms with Crippen molar-refractivity contribution in [3.63, 3.8) is 0 Å². The van der Waals surface area contributed by atoms with Crippen LogP contribution >= 0.6 is 23.2 Å². The number of benzene rings is 1. The molecule has 0 aliphatic heterocycles. The molecule has 98 valence electrons. The van der Waals surface area contributed by atoms with Crippen molar-refractivity contribution in [1.82, 2.24) is 4.90 Å². The average molecular weight is 285 g/mol. The third-order valence-corrected chi connectivity index (χ3v) is 3.31. The summed E-state index contributed by atoms with van der Waals surface area (Å²) in [7, 11) is 0. The third-order valence-electron chi connectivity index (χ3n) is 2.61. The molecule has 0 saturated heterocycles. The Morgan fingerprint density at radius 3 is 2.39 bits per heavy atom. The Morgan fingerprint density at radius 1 is 1.28 bits per heavy atom. The monoisotopic (exact) mass is 284 g/mol. The largest absolute Gasteiger partial charge is 0.298 e. The molecule has 0 spiro atoms. The molecular formula is C14H18Cl2N2. The molecular weight excluding hydrogens is 267 g/mol. The van der Waals surface area contributed by atoms with Crippen LogP contribution in [0.3, 0.4) is 0 Å². The lowest BCUT2D eigenvalue weighted by Gasteiger charge is -2.24. The number of hydrogen-bond donors (Lipinski definition) is 0. The molecule has 0 bridgehead atoms. The van der Waals surface area contributed by atoms with Crippen molar-refractivity contribution in [3.05, 3.63) is 33.8 Å².